The maximum absolute atomic E-state index is 13.1. The van der Waals surface area contributed by atoms with Gasteiger partial charge in [0.05, 0.1) is 59.8 Å². The summed E-state index contributed by atoms with van der Waals surface area (Å²) in [7, 11) is 3.29. The van der Waals surface area contributed by atoms with E-state index < -0.39 is 22.2 Å². The fourth-order valence-corrected chi connectivity index (χ4v) is 20.3. The van der Waals surface area contributed by atoms with Gasteiger partial charge in [0.25, 0.3) is 0 Å². The van der Waals surface area contributed by atoms with Gasteiger partial charge in [-0.1, -0.05) is 292 Å². The van der Waals surface area contributed by atoms with Crippen LogP contribution in [0.25, 0.3) is 22.3 Å². The van der Waals surface area contributed by atoms with Gasteiger partial charge in [0.2, 0.25) is 0 Å². The molecule has 4 aliphatic rings. The Kier molecular flexibility index (Phi) is 22.8. The summed E-state index contributed by atoms with van der Waals surface area (Å²) in [5.41, 5.74) is 41.5. The van der Waals surface area contributed by atoms with Crippen LogP contribution < -0.4 is 19.3 Å². The molecule has 18 rings (SSSR count). The maximum Gasteiger partial charge on any atom is 0.373 e. The Hall–Kier alpha value is -12.9. The fraction of sp³-hybridized carbons (Fsp3) is 0.246. The molecular formula is C114H110N2O6. The molecule has 2 aliphatic heterocycles. The first-order valence-electron chi connectivity index (χ1n) is 43.5. The molecule has 2 heterocycles. The van der Waals surface area contributed by atoms with Crippen LogP contribution in [0.15, 0.2) is 279 Å². The molecule has 0 unspecified atom stereocenters. The van der Waals surface area contributed by atoms with Crippen molar-refractivity contribution in [2.45, 2.75) is 164 Å². The third kappa shape index (κ3) is 13.9. The highest BCUT2D eigenvalue weighted by Crippen LogP contribution is 2.66. The second-order valence-electron chi connectivity index (χ2n) is 34.6. The number of hydrogen-bond donors (Lipinski definition) is 0. The smallest absolute Gasteiger partial charge is 0.373 e. The topological polar surface area (TPSA) is 85.4 Å². The van der Waals surface area contributed by atoms with Crippen molar-refractivity contribution in [3.63, 3.8) is 0 Å². The summed E-state index contributed by atoms with van der Waals surface area (Å²) >= 11 is 0. The van der Waals surface area contributed by atoms with Gasteiger partial charge in [0.15, 0.2) is 0 Å². The lowest BCUT2D eigenvalue weighted by molar-refractivity contribution is -0.191. The van der Waals surface area contributed by atoms with E-state index in [4.69, 9.17) is 23.8 Å². The number of methoxy groups -OCH3 is 2. The molecule has 0 bridgehead atoms. The number of ether oxygens (including phenoxy) is 3. The van der Waals surface area contributed by atoms with Gasteiger partial charge >= 0.3 is 12.1 Å². The van der Waals surface area contributed by atoms with E-state index in [2.05, 4.69) is 367 Å². The largest absolute Gasteiger partial charge is 0.496 e. The standard InChI is InChI=1S/C79H76N2.C34H34O4.CO2/c1-11-13-15-57-27-39-63(40-28-57)80-73-43-25-55(7)45-69(73)78(59-31-17-51(3)18-32-59,60-33-19-52(4)20-34-60)71-47-65-66-48-72-76(50-68(66)77(9,10)67(65)49-75(71)80)81(64-41-29-58(30-42-64)16-14-12-2)74-44-26-56(8)46-70(74)79(72,61-35-21-53(5)22-36-61)62-37-23-54(6)24-38-62;1-7-23-19-24(11-15-31(23)36-5)34(25-12-16-32(37-6)28(20-25)33(35)38-8-2)29-17-21(3)9-13-26(29)27-14-10-22(4)18-30(27)34;2-1-3/h17-50H,11-16H2,1-10H3;9-20H,7-8H2,1-6H3;. The van der Waals surface area contributed by atoms with E-state index in [-0.39, 0.29) is 11.6 Å². The third-order valence-corrected chi connectivity index (χ3v) is 26.4. The minimum absolute atomic E-state index is 0.250. The van der Waals surface area contributed by atoms with Crippen molar-refractivity contribution in [1.29, 1.82) is 0 Å². The third-order valence-electron chi connectivity index (χ3n) is 26.4. The number of carbonyl (C=O) groups is 1. The number of anilines is 6. The van der Waals surface area contributed by atoms with Crippen LogP contribution in [0.5, 0.6) is 11.5 Å². The molecule has 14 aromatic rings. The number of benzene rings is 14. The van der Waals surface area contributed by atoms with Crippen molar-refractivity contribution in [1.82, 2.24) is 0 Å². The van der Waals surface area contributed by atoms with Gasteiger partial charge in [-0.2, -0.15) is 9.59 Å². The van der Waals surface area contributed by atoms with Crippen LogP contribution in [0.3, 0.4) is 0 Å². The second kappa shape index (κ2) is 33.6. The molecule has 0 saturated carbocycles. The lowest BCUT2D eigenvalue weighted by Gasteiger charge is -2.47. The van der Waals surface area contributed by atoms with Crippen molar-refractivity contribution in [2.24, 2.45) is 0 Å². The molecule has 0 amide bonds. The Labute approximate surface area is 721 Å². The van der Waals surface area contributed by atoms with E-state index in [1.54, 1.807) is 14.2 Å². The number of nitrogens with zero attached hydrogens (tertiary/aromatic N) is 2. The average Bonchev–Trinajstić information content (AvgIpc) is 1.34. The lowest BCUT2D eigenvalue weighted by Crippen LogP contribution is -2.38. The summed E-state index contributed by atoms with van der Waals surface area (Å²) in [5, 5.41) is 0. The van der Waals surface area contributed by atoms with Gasteiger partial charge in [-0.05, 0) is 290 Å². The first-order valence-corrected chi connectivity index (χ1v) is 43.5. The number of unbranched alkanes of at least 4 members (excludes halogenated alkanes) is 2. The van der Waals surface area contributed by atoms with Gasteiger partial charge in [-0.15, -0.1) is 0 Å². The lowest BCUT2D eigenvalue weighted by atomic mass is 9.61. The number of aryl methyl sites for hydroxylation is 11. The molecule has 0 saturated heterocycles. The van der Waals surface area contributed by atoms with Crippen molar-refractivity contribution < 1.29 is 28.6 Å². The van der Waals surface area contributed by atoms with E-state index in [9.17, 15) is 4.79 Å². The van der Waals surface area contributed by atoms with Gasteiger partial charge < -0.3 is 24.0 Å². The Morgan fingerprint density at radius 3 is 1.02 bits per heavy atom. The van der Waals surface area contributed by atoms with Crippen molar-refractivity contribution >= 4 is 46.2 Å². The maximum atomic E-state index is 13.1. The van der Waals surface area contributed by atoms with Gasteiger partial charge in [-0.25, -0.2) is 4.79 Å². The van der Waals surface area contributed by atoms with E-state index in [0.29, 0.717) is 17.9 Å². The normalized spacial score (nSPS) is 14.0. The zero-order chi connectivity index (χ0) is 85.7. The van der Waals surface area contributed by atoms with Crippen LogP contribution in [0.1, 0.15) is 217 Å². The Balaban J connectivity index is 0.000000224. The van der Waals surface area contributed by atoms with Gasteiger partial charge in [0, 0.05) is 16.8 Å². The van der Waals surface area contributed by atoms with Crippen LogP contribution in [0.2, 0.25) is 0 Å². The van der Waals surface area contributed by atoms with Crippen LogP contribution in [0, 0.1) is 55.4 Å². The Bertz CT molecular complexity index is 5940. The van der Waals surface area contributed by atoms with Crippen LogP contribution in [-0.2, 0) is 55.2 Å². The monoisotopic (exact) mass is 1600 g/mol. The van der Waals surface area contributed by atoms with Crippen molar-refractivity contribution in [3.05, 3.63) is 424 Å². The summed E-state index contributed by atoms with van der Waals surface area (Å²) in [4.78, 5) is 34.5. The molecule has 0 aromatic heterocycles. The zero-order valence-electron chi connectivity index (χ0n) is 73.6. The summed E-state index contributed by atoms with van der Waals surface area (Å²) in [5.74, 6) is 0.982. The van der Waals surface area contributed by atoms with E-state index in [0.717, 1.165) is 41.7 Å². The molecule has 0 fully saturated rings. The Morgan fingerprint density at radius 2 is 0.656 bits per heavy atom. The van der Waals surface area contributed by atoms with Crippen molar-refractivity contribution in [3.8, 4) is 33.8 Å². The zero-order valence-corrected chi connectivity index (χ0v) is 73.6. The highest BCUT2D eigenvalue weighted by molar-refractivity contribution is 5.99. The number of carbonyl (C=O) groups excluding carboxylic acids is 3. The number of esters is 1. The average molecular weight is 1600 g/mol. The number of fused-ring (bicyclic) bond motifs is 10. The fourth-order valence-electron chi connectivity index (χ4n) is 20.3. The molecule has 0 atom stereocenters. The predicted molar refractivity (Wildman–Crippen MR) is 499 cm³/mol. The van der Waals surface area contributed by atoms with E-state index >= 15 is 0 Å². The summed E-state index contributed by atoms with van der Waals surface area (Å²) in [6.45, 7) is 31.4. The van der Waals surface area contributed by atoms with Crippen LogP contribution in [-0.4, -0.2) is 32.9 Å². The van der Waals surface area contributed by atoms with Gasteiger partial charge in [-0.3, -0.25) is 0 Å². The second-order valence-corrected chi connectivity index (χ2v) is 34.6. The highest BCUT2D eigenvalue weighted by atomic mass is 16.5. The molecule has 2 aliphatic carbocycles. The van der Waals surface area contributed by atoms with Gasteiger partial charge in [0.1, 0.15) is 17.1 Å². The molecule has 0 spiro atoms. The van der Waals surface area contributed by atoms with Crippen LogP contribution >= 0.6 is 0 Å². The molecule has 122 heavy (non-hydrogen) atoms. The SMILES string of the molecule is CCCCc1ccc(N2c3ccc(C)cc3C(c3ccc(C)cc3)(c3ccc(C)cc3)c3cc4c(cc32)C(C)(C)c2cc3c(cc2-4)C(c2ccc(C)cc2)(c2ccc(C)cc2)c2cc(C)ccc2N3c2ccc(CCCC)cc2)cc1.CCOC(=O)c1cc(C2(c3ccc(OC)c(CC)c3)c3cc(C)ccc3-c3ccc(C)cc32)ccc1OC.O=C=O. The predicted octanol–water partition coefficient (Wildman–Crippen LogP) is 27.7. The highest BCUT2D eigenvalue weighted by Gasteiger charge is 2.53. The summed E-state index contributed by atoms with van der Waals surface area (Å²) in [6.07, 6.45) is 7.97. The first-order chi connectivity index (χ1) is 59.0. The van der Waals surface area contributed by atoms with E-state index in [1.165, 1.54) is 204 Å². The summed E-state index contributed by atoms with van der Waals surface area (Å²) in [6, 6.07) is 108. The molecule has 0 N–H and O–H groups in total. The molecule has 14 aromatic carbocycles. The minimum atomic E-state index is -0.671. The first kappa shape index (κ1) is 82.8. The van der Waals surface area contributed by atoms with Crippen LogP contribution in [0.4, 0.5) is 34.1 Å². The number of rotatable bonds is 19. The summed E-state index contributed by atoms with van der Waals surface area (Å²) < 4.78 is 16.7. The quantitative estimate of drug-likeness (QED) is 0.0741. The molecule has 612 valence electrons. The molecular weight excluding hydrogens is 1490 g/mol. The van der Waals surface area contributed by atoms with E-state index in [1.807, 2.05) is 19.1 Å². The Morgan fingerprint density at radius 1 is 0.328 bits per heavy atom. The number of hydrogen-bond acceptors (Lipinski definition) is 8. The minimum Gasteiger partial charge on any atom is -0.496 e. The molecule has 8 heteroatoms. The molecule has 8 nitrogen and oxygen atoms in total. The van der Waals surface area contributed by atoms with Crippen molar-refractivity contribution in [2.75, 3.05) is 30.6 Å². The molecule has 0 radical (unpaired) electrons.